The highest BCUT2D eigenvalue weighted by atomic mass is 19.1. The van der Waals surface area contributed by atoms with Crippen LogP contribution in [0.15, 0.2) is 24.5 Å². The monoisotopic (exact) mass is 361 g/mol. The number of rotatable bonds is 5. The number of amides is 1. The van der Waals surface area contributed by atoms with E-state index in [4.69, 9.17) is 4.74 Å². The van der Waals surface area contributed by atoms with Gasteiger partial charge in [0.2, 0.25) is 0 Å². The Morgan fingerprint density at radius 2 is 2.23 bits per heavy atom. The first kappa shape index (κ1) is 17.9. The molecule has 0 N–H and O–H groups in total. The van der Waals surface area contributed by atoms with Crippen LogP contribution in [0.5, 0.6) is 0 Å². The van der Waals surface area contributed by atoms with Gasteiger partial charge in [-0.25, -0.2) is 4.39 Å². The first-order valence-corrected chi connectivity index (χ1v) is 9.64. The topological polar surface area (TPSA) is 45.7 Å². The molecule has 1 spiro atoms. The first-order chi connectivity index (χ1) is 12.5. The number of aromatic nitrogens is 1. The van der Waals surface area contributed by atoms with Crippen molar-refractivity contribution in [2.45, 2.75) is 38.0 Å². The molecule has 1 aliphatic carbocycles. The summed E-state index contributed by atoms with van der Waals surface area (Å²) in [4.78, 5) is 20.8. The van der Waals surface area contributed by atoms with Gasteiger partial charge in [0.05, 0.1) is 13.2 Å². The Labute approximate surface area is 154 Å². The number of likely N-dealkylation sites (tertiary alicyclic amines) is 2. The van der Waals surface area contributed by atoms with Crippen molar-refractivity contribution in [3.8, 4) is 0 Å². The minimum atomic E-state index is -1.58. The summed E-state index contributed by atoms with van der Waals surface area (Å²) in [7, 11) is 2.12. The summed E-state index contributed by atoms with van der Waals surface area (Å²) >= 11 is 0. The van der Waals surface area contributed by atoms with E-state index in [9.17, 15) is 9.18 Å². The second kappa shape index (κ2) is 6.89. The van der Waals surface area contributed by atoms with Crippen molar-refractivity contribution in [1.82, 2.24) is 14.8 Å². The highest BCUT2D eigenvalue weighted by Gasteiger charge is 2.54. The Morgan fingerprint density at radius 1 is 1.38 bits per heavy atom. The van der Waals surface area contributed by atoms with E-state index >= 15 is 0 Å². The number of alkyl halides is 1. The fraction of sp³-hybridized carbons (Fsp3) is 0.700. The molecule has 142 valence electrons. The second-order valence-electron chi connectivity index (χ2n) is 8.43. The summed E-state index contributed by atoms with van der Waals surface area (Å²) in [5.41, 5.74) is -0.470. The Morgan fingerprint density at radius 3 is 2.92 bits per heavy atom. The minimum absolute atomic E-state index is 0.0411. The average molecular weight is 361 g/mol. The van der Waals surface area contributed by atoms with Gasteiger partial charge in [-0.05, 0) is 44.4 Å². The number of carbonyl (C=O) groups is 1. The van der Waals surface area contributed by atoms with Gasteiger partial charge >= 0.3 is 0 Å². The lowest BCUT2D eigenvalue weighted by atomic mass is 9.77. The van der Waals surface area contributed by atoms with Crippen LogP contribution in [-0.4, -0.2) is 66.2 Å². The van der Waals surface area contributed by atoms with Gasteiger partial charge < -0.3 is 14.5 Å². The van der Waals surface area contributed by atoms with E-state index in [0.717, 1.165) is 31.5 Å². The van der Waals surface area contributed by atoms with Crippen LogP contribution in [0.2, 0.25) is 0 Å². The van der Waals surface area contributed by atoms with Crippen molar-refractivity contribution in [2.75, 3.05) is 39.8 Å². The molecule has 2 aliphatic heterocycles. The van der Waals surface area contributed by atoms with Crippen LogP contribution >= 0.6 is 0 Å². The summed E-state index contributed by atoms with van der Waals surface area (Å²) in [6.45, 7) is 4.50. The van der Waals surface area contributed by atoms with Crippen LogP contribution < -0.4 is 0 Å². The summed E-state index contributed by atoms with van der Waals surface area (Å²) < 4.78 is 20.5. The third-order valence-electron chi connectivity index (χ3n) is 6.50. The molecule has 1 amide bonds. The maximum atomic E-state index is 14.6. The number of hydrogen-bond acceptors (Lipinski definition) is 4. The van der Waals surface area contributed by atoms with Gasteiger partial charge in [0.15, 0.2) is 5.67 Å². The third-order valence-corrected chi connectivity index (χ3v) is 6.50. The van der Waals surface area contributed by atoms with Gasteiger partial charge in [0, 0.05) is 49.9 Å². The number of nitrogens with zero attached hydrogens (tertiary/aromatic N) is 3. The zero-order valence-corrected chi connectivity index (χ0v) is 15.5. The molecular weight excluding hydrogens is 333 g/mol. The highest BCUT2D eigenvalue weighted by Crippen LogP contribution is 2.46. The molecule has 0 radical (unpaired) electrons. The second-order valence-corrected chi connectivity index (χ2v) is 8.43. The van der Waals surface area contributed by atoms with Crippen LogP contribution in [0, 0.1) is 11.3 Å². The van der Waals surface area contributed by atoms with Gasteiger partial charge in [-0.15, -0.1) is 0 Å². The highest BCUT2D eigenvalue weighted by molar-refractivity contribution is 5.86. The van der Waals surface area contributed by atoms with Gasteiger partial charge in [-0.3, -0.25) is 9.78 Å². The maximum absolute atomic E-state index is 14.6. The quantitative estimate of drug-likeness (QED) is 0.807. The molecular formula is C20H28FN3O2. The molecule has 1 aromatic heterocycles. The molecule has 0 bridgehead atoms. The summed E-state index contributed by atoms with van der Waals surface area (Å²) in [5.74, 6) is 0.101. The Hall–Kier alpha value is -1.53. The Balaban J connectivity index is 1.37. The predicted molar refractivity (Wildman–Crippen MR) is 96.2 cm³/mol. The molecule has 0 aromatic carbocycles. The maximum Gasteiger partial charge on any atom is 0.260 e. The minimum Gasteiger partial charge on any atom is -0.376 e. The van der Waals surface area contributed by atoms with Crippen LogP contribution in [0.4, 0.5) is 4.39 Å². The fourth-order valence-electron chi connectivity index (χ4n) is 4.85. The molecule has 3 heterocycles. The number of ether oxygens (including phenoxy) is 1. The van der Waals surface area contributed by atoms with E-state index in [0.29, 0.717) is 45.1 Å². The van der Waals surface area contributed by atoms with E-state index in [2.05, 4.69) is 16.9 Å². The molecule has 1 aromatic rings. The number of pyridine rings is 1. The first-order valence-electron chi connectivity index (χ1n) is 9.64. The van der Waals surface area contributed by atoms with E-state index < -0.39 is 5.67 Å². The molecule has 3 aliphatic rings. The van der Waals surface area contributed by atoms with Crippen molar-refractivity contribution in [3.63, 3.8) is 0 Å². The SMILES string of the molecule is CN1C[C@@H](COCc2cccnc2)[C@]2(CCN(C(=O)C3(F)CCC3)C2)C1. The van der Waals surface area contributed by atoms with Crippen LogP contribution in [0.3, 0.4) is 0 Å². The smallest absolute Gasteiger partial charge is 0.260 e. The third kappa shape index (κ3) is 3.25. The predicted octanol–water partition coefficient (Wildman–Crippen LogP) is 2.27. The standard InChI is InChI=1S/C20H28FN3O2/c1-23-11-17(13-26-12-16-4-2-8-22-10-16)19(14-23)7-9-24(15-19)18(25)20(21)5-3-6-20/h2,4,8,10,17H,3,5-7,9,11-15H2,1H3/t17-,19+/m0/s1. The molecule has 3 fully saturated rings. The van der Waals surface area contributed by atoms with Gasteiger partial charge in [0.25, 0.3) is 5.91 Å². The molecule has 2 atom stereocenters. The summed E-state index contributed by atoms with van der Waals surface area (Å²) in [5, 5.41) is 0. The molecule has 2 saturated heterocycles. The van der Waals surface area contributed by atoms with E-state index in [-0.39, 0.29) is 11.3 Å². The van der Waals surface area contributed by atoms with E-state index in [1.807, 2.05) is 18.3 Å². The summed E-state index contributed by atoms with van der Waals surface area (Å²) in [6.07, 6.45) is 6.15. The number of halogens is 1. The molecule has 4 rings (SSSR count). The van der Waals surface area contributed by atoms with Crippen molar-refractivity contribution < 1.29 is 13.9 Å². The summed E-state index contributed by atoms with van der Waals surface area (Å²) in [6, 6.07) is 3.93. The Kier molecular flexibility index (Phi) is 4.73. The average Bonchev–Trinajstić information content (AvgIpc) is 3.17. The van der Waals surface area contributed by atoms with E-state index in [1.54, 1.807) is 11.1 Å². The normalized spacial score (nSPS) is 30.7. The molecule has 26 heavy (non-hydrogen) atoms. The van der Waals surface area contributed by atoms with Crippen molar-refractivity contribution in [1.29, 1.82) is 0 Å². The largest absolute Gasteiger partial charge is 0.376 e. The van der Waals surface area contributed by atoms with Crippen molar-refractivity contribution >= 4 is 5.91 Å². The lowest BCUT2D eigenvalue weighted by molar-refractivity contribution is -0.149. The Bertz CT molecular complexity index is 652. The number of hydrogen-bond donors (Lipinski definition) is 0. The number of carbonyl (C=O) groups excluding carboxylic acids is 1. The van der Waals surface area contributed by atoms with Gasteiger partial charge in [0.1, 0.15) is 0 Å². The van der Waals surface area contributed by atoms with Crippen LogP contribution in [-0.2, 0) is 16.1 Å². The van der Waals surface area contributed by atoms with Crippen molar-refractivity contribution in [3.05, 3.63) is 30.1 Å². The van der Waals surface area contributed by atoms with E-state index in [1.165, 1.54) is 0 Å². The van der Waals surface area contributed by atoms with Crippen molar-refractivity contribution in [2.24, 2.45) is 11.3 Å². The molecule has 6 heteroatoms. The molecule has 5 nitrogen and oxygen atoms in total. The van der Waals surface area contributed by atoms with Gasteiger partial charge in [-0.1, -0.05) is 6.07 Å². The lowest BCUT2D eigenvalue weighted by Gasteiger charge is -2.37. The fourth-order valence-corrected chi connectivity index (χ4v) is 4.85. The van der Waals surface area contributed by atoms with Gasteiger partial charge in [-0.2, -0.15) is 0 Å². The van der Waals surface area contributed by atoms with Crippen LogP contribution in [0.25, 0.3) is 0 Å². The zero-order valence-electron chi connectivity index (χ0n) is 15.5. The lowest BCUT2D eigenvalue weighted by Crippen LogP contribution is -2.50. The molecule has 0 unspecified atom stereocenters. The zero-order chi connectivity index (χ0) is 18.2. The molecule has 1 saturated carbocycles. The van der Waals surface area contributed by atoms with Crippen LogP contribution in [0.1, 0.15) is 31.2 Å².